The Morgan fingerprint density at radius 1 is 0.390 bits per heavy atom. The molecule has 4 radical (unpaired) electrons. The number of benzene rings is 4. The third-order valence-corrected chi connectivity index (χ3v) is 4.02. The van der Waals surface area contributed by atoms with E-state index in [-0.39, 0.29) is 166 Å². The van der Waals surface area contributed by atoms with Crippen LogP contribution in [0.5, 0.6) is 0 Å². The fourth-order valence-corrected chi connectivity index (χ4v) is 2.29. The summed E-state index contributed by atoms with van der Waals surface area (Å²) in [7, 11) is 0. The number of carboxylic acids is 1. The minimum atomic E-state index is -0.879. The Balaban J connectivity index is -0.0000000228. The maximum Gasteiger partial charge on any atom is 0.335 e. The van der Waals surface area contributed by atoms with Crippen LogP contribution in [0.15, 0.2) is 121 Å². The molecule has 0 saturated carbocycles. The second-order valence-corrected chi connectivity index (χ2v) is 6.59. The number of carbonyl (C=O) groups excluding carboxylic acids is 3. The fourth-order valence-electron chi connectivity index (χ4n) is 2.16. The molecule has 4 rings (SSSR count). The van der Waals surface area contributed by atoms with Crippen molar-refractivity contribution in [3.8, 4) is 0 Å². The predicted octanol–water partition coefficient (Wildman–Crippen LogP) is 14.4. The summed E-state index contributed by atoms with van der Waals surface area (Å²) in [4.78, 5) is 40.4. The molecule has 0 aliphatic rings. The van der Waals surface area contributed by atoms with Crippen molar-refractivity contribution in [2.45, 2.75) is 111 Å². The third-order valence-electron chi connectivity index (χ3n) is 3.80. The molecule has 0 aliphatic carbocycles. The topological polar surface area (TPSA) is 88.5 Å². The van der Waals surface area contributed by atoms with Crippen LogP contribution in [0.3, 0.4) is 0 Å². The second-order valence-electron chi connectivity index (χ2n) is 6.25. The summed E-state index contributed by atoms with van der Waals surface area (Å²) in [5.74, 6) is -0.879. The monoisotopic (exact) mass is 1670 g/mol. The van der Waals surface area contributed by atoms with Crippen molar-refractivity contribution in [1.29, 1.82) is 0 Å². The zero-order valence-corrected chi connectivity index (χ0v) is 56.5. The quantitative estimate of drug-likeness (QED) is 0.162. The van der Waals surface area contributed by atoms with Crippen LogP contribution in [0.4, 0.5) is 0 Å². The molecule has 0 aliphatic heterocycles. The number of hydrogen-bond donors (Lipinski definition) is 1. The molecule has 336 valence electrons. The smallest absolute Gasteiger partial charge is 0.335 e. The van der Waals surface area contributed by atoms with Gasteiger partial charge in [0.1, 0.15) is 0 Å². The summed E-state index contributed by atoms with van der Waals surface area (Å²) in [6.45, 7) is 32.0. The van der Waals surface area contributed by atoms with Crippen LogP contribution in [0, 0.1) is 7.43 Å². The van der Waals surface area contributed by atoms with Gasteiger partial charge in [0.2, 0.25) is 0 Å². The van der Waals surface area contributed by atoms with Crippen LogP contribution in [0.2, 0.25) is 0 Å². The van der Waals surface area contributed by atoms with E-state index in [9.17, 15) is 19.2 Å². The standard InChI is InChI=1S/C7H5ClO.C7H6O2.2C7H5O.8C2H6.CH3.4V.4W/c2*8-7(9)6-4-2-1-3-5-6;2*8-6-7-4-2-1-3-5-7;8*1-2;;;;;;;;;/h1-5H;1-5H,(H,8,9);2*1-5H;8*1-2H3;1H3;;;;;;;;/q;;2*-1;;;;;;;;;-1;;;;;;;;. The van der Waals surface area contributed by atoms with Crippen LogP contribution in [0.1, 0.15) is 143 Å². The van der Waals surface area contributed by atoms with Crippen molar-refractivity contribution in [3.05, 3.63) is 151 Å². The Labute approximate surface area is 474 Å². The molecule has 0 heterocycles. The summed E-state index contributed by atoms with van der Waals surface area (Å²) in [6.07, 6.45) is 3.55. The molecule has 0 fully saturated rings. The van der Waals surface area contributed by atoms with Gasteiger partial charge >= 0.3 is 5.97 Å². The minimum absolute atomic E-state index is 0. The van der Waals surface area contributed by atoms with Crippen molar-refractivity contribution in [3.63, 3.8) is 0 Å². The van der Waals surface area contributed by atoms with Crippen molar-refractivity contribution in [2.24, 2.45) is 0 Å². The average molecular weight is 1670 g/mol. The minimum Gasteiger partial charge on any atom is -0.478 e. The van der Waals surface area contributed by atoms with E-state index >= 15 is 0 Å². The summed E-state index contributed by atoms with van der Waals surface area (Å²) in [5, 5.41) is 7.98. The molecule has 1 N–H and O–H groups in total. The Bertz CT molecular complexity index is 1070. The zero-order chi connectivity index (χ0) is 41.0. The molecule has 4 aromatic carbocycles. The normalized spacial score (nSPS) is 5.85. The van der Waals surface area contributed by atoms with E-state index < -0.39 is 11.2 Å². The van der Waals surface area contributed by atoms with Crippen molar-refractivity contribution in [2.75, 3.05) is 0 Å². The first-order valence-electron chi connectivity index (χ1n) is 17.9. The van der Waals surface area contributed by atoms with Crippen molar-refractivity contribution >= 4 is 35.4 Å². The molecule has 0 unspecified atom stereocenters. The molecule has 0 bridgehead atoms. The van der Waals surface area contributed by atoms with Gasteiger partial charge in [0.05, 0.1) is 18.1 Å². The number of carboxylic acid groups (broad SMARTS) is 1. The maximum absolute atomic E-state index is 10.4. The number of halogens is 1. The molecule has 0 saturated heterocycles. The first-order valence-corrected chi connectivity index (χ1v) is 18.2. The van der Waals surface area contributed by atoms with E-state index in [0.29, 0.717) is 22.3 Å². The van der Waals surface area contributed by atoms with Gasteiger partial charge in [-0.3, -0.25) is 4.79 Å². The van der Waals surface area contributed by atoms with E-state index in [4.69, 9.17) is 16.7 Å². The summed E-state index contributed by atoms with van der Waals surface area (Å²) in [5.41, 5.74) is 2.08. The van der Waals surface area contributed by atoms with Gasteiger partial charge in [-0.1, -0.05) is 171 Å². The van der Waals surface area contributed by atoms with Gasteiger partial charge in [0, 0.05) is 164 Å². The molecular formula is C45H72ClO5V4W4-3. The van der Waals surface area contributed by atoms with E-state index in [1.807, 2.05) is 129 Å². The molecule has 0 aromatic heterocycles. The molecule has 14 heteroatoms. The Hall–Kier alpha value is 0.741. The summed E-state index contributed by atoms with van der Waals surface area (Å²) >= 11 is 5.16. The van der Waals surface area contributed by atoms with Crippen molar-refractivity contribution < 1.29 is 183 Å². The molecule has 4 aromatic rings. The van der Waals surface area contributed by atoms with E-state index in [2.05, 4.69) is 0 Å². The molecule has 59 heavy (non-hydrogen) atoms. The van der Waals surface area contributed by atoms with Gasteiger partial charge in [-0.05, 0) is 23.7 Å². The largest absolute Gasteiger partial charge is 0.478 e. The van der Waals surface area contributed by atoms with Crippen LogP contribution in [-0.4, -0.2) is 28.9 Å². The van der Waals surface area contributed by atoms with E-state index in [1.54, 1.807) is 116 Å². The molecule has 0 atom stereocenters. The van der Waals surface area contributed by atoms with Crippen LogP contribution < -0.4 is 0 Å². The van der Waals surface area contributed by atoms with Gasteiger partial charge in [-0.25, -0.2) is 4.79 Å². The van der Waals surface area contributed by atoms with Gasteiger partial charge in [0.15, 0.2) is 0 Å². The summed E-state index contributed by atoms with van der Waals surface area (Å²) in [6, 6.07) is 34.8. The maximum atomic E-state index is 10.4. The van der Waals surface area contributed by atoms with Crippen LogP contribution in [0.25, 0.3) is 0 Å². The van der Waals surface area contributed by atoms with Gasteiger partial charge in [-0.15, -0.1) is 24.3 Å². The van der Waals surface area contributed by atoms with Gasteiger partial charge < -0.3 is 22.1 Å². The zero-order valence-electron chi connectivity index (χ0n) is 38.4. The van der Waals surface area contributed by atoms with Crippen LogP contribution >= 0.6 is 11.6 Å². The van der Waals surface area contributed by atoms with Crippen molar-refractivity contribution in [1.82, 2.24) is 0 Å². The second kappa shape index (κ2) is 118. The Morgan fingerprint density at radius 2 is 0.559 bits per heavy atom. The van der Waals surface area contributed by atoms with Crippen LogP contribution in [-0.2, 0) is 168 Å². The first kappa shape index (κ1) is 113. The summed E-state index contributed by atoms with van der Waals surface area (Å²) < 4.78 is 0. The Morgan fingerprint density at radius 3 is 0.661 bits per heavy atom. The molecule has 0 spiro atoms. The van der Waals surface area contributed by atoms with Gasteiger partial charge in [-0.2, -0.15) is 35.4 Å². The fraction of sp³-hybridized carbons (Fsp3) is 0.356. The molecule has 0 amide bonds. The van der Waals surface area contributed by atoms with Gasteiger partial charge in [0.25, 0.3) is 5.24 Å². The number of carbonyl (C=O) groups is 2. The number of aromatic carboxylic acids is 1. The SMILES string of the molecule is CC.CC.CC.CC.CC.CC.CC.CC.O=C(Cl)c1ccccc1.O=C(O)c1ccccc1.O=[C-]c1ccccc1.O=[C-]c1ccccc1.[CH3-].[V].[V].[V].[V].[W].[W].[W].[W]. The molecule has 5 nitrogen and oxygen atoms in total. The molecular weight excluding hydrogens is 1600 g/mol. The first-order chi connectivity index (χ1) is 24.5. The van der Waals surface area contributed by atoms with E-state index in [1.165, 1.54) is 0 Å². The average Bonchev–Trinajstić information content (AvgIpc) is 3.25. The third kappa shape index (κ3) is 94.5. The number of rotatable bonds is 4. The predicted molar refractivity (Wildman–Crippen MR) is 230 cm³/mol. The van der Waals surface area contributed by atoms with E-state index in [0.717, 1.165) is 0 Å². The Kier molecular flexibility index (Phi) is 226. The number of hydrogen-bond acceptors (Lipinski definition) is 4.